The average molecular weight is 248 g/mol. The second-order valence-electron chi connectivity index (χ2n) is 4.75. The molecule has 4 heteroatoms. The van der Waals surface area contributed by atoms with Gasteiger partial charge in [-0.15, -0.1) is 0 Å². The van der Waals surface area contributed by atoms with E-state index in [1.807, 2.05) is 13.0 Å². The molecule has 4 nitrogen and oxygen atoms in total. The molecule has 0 saturated carbocycles. The minimum atomic E-state index is -0.0697. The SMILES string of the molecule is Cc1ccc(C(=O)NCCC2CCCO2)cc1N. The predicted octanol–water partition coefficient (Wildman–Crippen LogP) is 1.88. The Morgan fingerprint density at radius 2 is 2.39 bits per heavy atom. The number of nitrogens with one attached hydrogen (secondary N) is 1. The highest BCUT2D eigenvalue weighted by molar-refractivity contribution is 5.95. The van der Waals surface area contributed by atoms with Crippen LogP contribution in [-0.4, -0.2) is 25.2 Å². The molecule has 1 amide bonds. The van der Waals surface area contributed by atoms with E-state index in [1.165, 1.54) is 0 Å². The first kappa shape index (κ1) is 12.9. The van der Waals surface area contributed by atoms with Crippen molar-refractivity contribution < 1.29 is 9.53 Å². The number of nitrogen functional groups attached to an aromatic ring is 1. The van der Waals surface area contributed by atoms with Crippen LogP contribution in [0.4, 0.5) is 5.69 Å². The highest BCUT2D eigenvalue weighted by Gasteiger charge is 2.15. The van der Waals surface area contributed by atoms with Crippen molar-refractivity contribution in [1.29, 1.82) is 0 Å². The average Bonchev–Trinajstić information content (AvgIpc) is 2.85. The standard InChI is InChI=1S/C14H20N2O2/c1-10-4-5-11(9-13(10)15)14(17)16-7-6-12-3-2-8-18-12/h4-5,9,12H,2-3,6-8,15H2,1H3,(H,16,17). The molecule has 1 heterocycles. The van der Waals surface area contributed by atoms with Gasteiger partial charge in [0.15, 0.2) is 0 Å². The van der Waals surface area contributed by atoms with Crippen LogP contribution in [0, 0.1) is 6.92 Å². The number of aryl methyl sites for hydroxylation is 1. The van der Waals surface area contributed by atoms with Crippen LogP contribution in [0.1, 0.15) is 35.2 Å². The topological polar surface area (TPSA) is 64.3 Å². The Bertz CT molecular complexity index is 426. The fraction of sp³-hybridized carbons (Fsp3) is 0.500. The molecule has 0 bridgehead atoms. The van der Waals surface area contributed by atoms with E-state index in [1.54, 1.807) is 12.1 Å². The number of hydrogen-bond acceptors (Lipinski definition) is 3. The molecule has 1 atom stereocenters. The minimum Gasteiger partial charge on any atom is -0.398 e. The van der Waals surface area contributed by atoms with Crippen molar-refractivity contribution in [3.05, 3.63) is 29.3 Å². The monoisotopic (exact) mass is 248 g/mol. The number of hydrogen-bond donors (Lipinski definition) is 2. The Morgan fingerprint density at radius 3 is 3.06 bits per heavy atom. The molecule has 0 spiro atoms. The first-order chi connectivity index (χ1) is 8.66. The van der Waals surface area contributed by atoms with Crippen molar-refractivity contribution in [2.75, 3.05) is 18.9 Å². The Hall–Kier alpha value is -1.55. The number of carbonyl (C=O) groups is 1. The van der Waals surface area contributed by atoms with E-state index in [2.05, 4.69) is 5.32 Å². The predicted molar refractivity (Wildman–Crippen MR) is 71.5 cm³/mol. The second-order valence-corrected chi connectivity index (χ2v) is 4.75. The minimum absolute atomic E-state index is 0.0697. The number of amides is 1. The van der Waals surface area contributed by atoms with E-state index >= 15 is 0 Å². The zero-order valence-electron chi connectivity index (χ0n) is 10.7. The van der Waals surface area contributed by atoms with E-state index in [0.717, 1.165) is 31.4 Å². The van der Waals surface area contributed by atoms with Gasteiger partial charge in [-0.3, -0.25) is 4.79 Å². The van der Waals surface area contributed by atoms with Crippen molar-refractivity contribution in [2.24, 2.45) is 0 Å². The highest BCUT2D eigenvalue weighted by atomic mass is 16.5. The first-order valence-electron chi connectivity index (χ1n) is 6.43. The van der Waals surface area contributed by atoms with Crippen LogP contribution >= 0.6 is 0 Å². The zero-order valence-corrected chi connectivity index (χ0v) is 10.7. The van der Waals surface area contributed by atoms with Gasteiger partial charge in [0.25, 0.3) is 5.91 Å². The molecule has 0 aromatic heterocycles. The molecule has 1 aromatic carbocycles. The lowest BCUT2D eigenvalue weighted by Gasteiger charge is -2.10. The third-order valence-corrected chi connectivity index (χ3v) is 3.32. The maximum atomic E-state index is 11.9. The number of anilines is 1. The lowest BCUT2D eigenvalue weighted by atomic mass is 10.1. The van der Waals surface area contributed by atoms with Crippen LogP contribution in [0.3, 0.4) is 0 Å². The van der Waals surface area contributed by atoms with E-state index in [0.29, 0.717) is 23.9 Å². The Balaban J connectivity index is 1.81. The third kappa shape index (κ3) is 3.23. The number of rotatable bonds is 4. The number of benzene rings is 1. The quantitative estimate of drug-likeness (QED) is 0.800. The summed E-state index contributed by atoms with van der Waals surface area (Å²) in [5.74, 6) is -0.0697. The molecule has 0 aliphatic carbocycles. The van der Waals surface area contributed by atoms with Crippen LogP contribution in [0.15, 0.2) is 18.2 Å². The summed E-state index contributed by atoms with van der Waals surface area (Å²) in [5, 5.41) is 2.90. The zero-order chi connectivity index (χ0) is 13.0. The molecule has 1 aromatic rings. The van der Waals surface area contributed by atoms with E-state index in [9.17, 15) is 4.79 Å². The van der Waals surface area contributed by atoms with E-state index < -0.39 is 0 Å². The molecular formula is C14H20N2O2. The van der Waals surface area contributed by atoms with Crippen molar-refractivity contribution >= 4 is 11.6 Å². The van der Waals surface area contributed by atoms with Gasteiger partial charge < -0.3 is 15.8 Å². The van der Waals surface area contributed by atoms with Gasteiger partial charge in [-0.05, 0) is 43.9 Å². The van der Waals surface area contributed by atoms with Gasteiger partial charge >= 0.3 is 0 Å². The van der Waals surface area contributed by atoms with Crippen LogP contribution < -0.4 is 11.1 Å². The molecule has 2 rings (SSSR count). The van der Waals surface area contributed by atoms with E-state index in [-0.39, 0.29) is 5.91 Å². The largest absolute Gasteiger partial charge is 0.398 e. The third-order valence-electron chi connectivity index (χ3n) is 3.32. The van der Waals surface area contributed by atoms with Crippen LogP contribution in [0.2, 0.25) is 0 Å². The fourth-order valence-electron chi connectivity index (χ4n) is 2.10. The number of ether oxygens (including phenoxy) is 1. The Morgan fingerprint density at radius 1 is 1.56 bits per heavy atom. The fourth-order valence-corrected chi connectivity index (χ4v) is 2.10. The maximum Gasteiger partial charge on any atom is 0.251 e. The summed E-state index contributed by atoms with van der Waals surface area (Å²) in [6, 6.07) is 5.38. The molecule has 1 unspecified atom stereocenters. The van der Waals surface area contributed by atoms with Crippen molar-refractivity contribution in [3.63, 3.8) is 0 Å². The summed E-state index contributed by atoms with van der Waals surface area (Å²) in [6.45, 7) is 3.43. The summed E-state index contributed by atoms with van der Waals surface area (Å²) in [7, 11) is 0. The molecule has 18 heavy (non-hydrogen) atoms. The second kappa shape index (κ2) is 5.87. The van der Waals surface area contributed by atoms with Gasteiger partial charge in [0.1, 0.15) is 0 Å². The Labute approximate surface area is 108 Å². The number of carbonyl (C=O) groups excluding carboxylic acids is 1. The highest BCUT2D eigenvalue weighted by Crippen LogP contribution is 2.15. The summed E-state index contributed by atoms with van der Waals surface area (Å²) in [6.07, 6.45) is 3.43. The van der Waals surface area contributed by atoms with Crippen LogP contribution in [0.5, 0.6) is 0 Å². The van der Waals surface area contributed by atoms with Gasteiger partial charge in [0.2, 0.25) is 0 Å². The maximum absolute atomic E-state index is 11.9. The summed E-state index contributed by atoms with van der Waals surface area (Å²) < 4.78 is 5.50. The molecule has 3 N–H and O–H groups in total. The van der Waals surface area contributed by atoms with Crippen LogP contribution in [-0.2, 0) is 4.74 Å². The van der Waals surface area contributed by atoms with E-state index in [4.69, 9.17) is 10.5 Å². The van der Waals surface area contributed by atoms with Crippen LogP contribution in [0.25, 0.3) is 0 Å². The number of nitrogens with two attached hydrogens (primary N) is 1. The van der Waals surface area contributed by atoms with Crippen molar-refractivity contribution in [2.45, 2.75) is 32.3 Å². The van der Waals surface area contributed by atoms with Crippen molar-refractivity contribution in [3.8, 4) is 0 Å². The molecular weight excluding hydrogens is 228 g/mol. The van der Waals surface area contributed by atoms with Crippen molar-refractivity contribution in [1.82, 2.24) is 5.32 Å². The smallest absolute Gasteiger partial charge is 0.251 e. The Kier molecular flexibility index (Phi) is 4.20. The molecule has 1 aliphatic heterocycles. The summed E-state index contributed by atoms with van der Waals surface area (Å²) in [4.78, 5) is 11.9. The normalized spacial score (nSPS) is 18.8. The van der Waals surface area contributed by atoms with Gasteiger partial charge in [0.05, 0.1) is 6.10 Å². The molecule has 1 aliphatic rings. The molecule has 0 radical (unpaired) electrons. The molecule has 98 valence electrons. The summed E-state index contributed by atoms with van der Waals surface area (Å²) in [5.41, 5.74) is 8.05. The lowest BCUT2D eigenvalue weighted by molar-refractivity contribution is 0.0907. The van der Waals surface area contributed by atoms with Gasteiger partial charge in [-0.1, -0.05) is 6.07 Å². The molecule has 1 fully saturated rings. The summed E-state index contributed by atoms with van der Waals surface area (Å²) >= 11 is 0. The molecule has 1 saturated heterocycles. The van der Waals surface area contributed by atoms with Gasteiger partial charge in [0, 0.05) is 24.4 Å². The first-order valence-corrected chi connectivity index (χ1v) is 6.43. The lowest BCUT2D eigenvalue weighted by Crippen LogP contribution is -2.27. The van der Waals surface area contributed by atoms with Gasteiger partial charge in [-0.25, -0.2) is 0 Å². The van der Waals surface area contributed by atoms with Gasteiger partial charge in [-0.2, -0.15) is 0 Å².